The molecule has 0 aliphatic heterocycles. The lowest BCUT2D eigenvalue weighted by molar-refractivity contribution is -0.131. The van der Waals surface area contributed by atoms with E-state index >= 15 is 0 Å². The maximum absolute atomic E-state index is 13.0. The molecule has 0 saturated carbocycles. The van der Waals surface area contributed by atoms with E-state index in [0.29, 0.717) is 5.56 Å². The van der Waals surface area contributed by atoms with E-state index in [0.717, 1.165) is 29.8 Å². The number of amides is 2. The number of rotatable bonds is 13. The third kappa shape index (κ3) is 8.64. The predicted molar refractivity (Wildman–Crippen MR) is 140 cm³/mol. The number of benzene rings is 2. The van der Waals surface area contributed by atoms with Gasteiger partial charge >= 0.3 is 5.97 Å². The Labute approximate surface area is 221 Å². The van der Waals surface area contributed by atoms with Gasteiger partial charge in [0.15, 0.2) is 0 Å². The highest BCUT2D eigenvalue weighted by molar-refractivity contribution is 7.89. The second-order valence-corrected chi connectivity index (χ2v) is 10.9. The first-order valence-electron chi connectivity index (χ1n) is 11.8. The molecule has 0 spiro atoms. The largest absolute Gasteiger partial charge is 0.478 e. The molecule has 38 heavy (non-hydrogen) atoms. The Morgan fingerprint density at radius 1 is 0.947 bits per heavy atom. The highest BCUT2D eigenvalue weighted by atomic mass is 32.2. The van der Waals surface area contributed by atoms with E-state index < -0.39 is 46.0 Å². The van der Waals surface area contributed by atoms with Gasteiger partial charge in [-0.25, -0.2) is 13.2 Å². The van der Waals surface area contributed by atoms with Crippen molar-refractivity contribution >= 4 is 33.6 Å². The molecule has 13 heteroatoms. The zero-order valence-electron chi connectivity index (χ0n) is 21.3. The van der Waals surface area contributed by atoms with Crippen LogP contribution in [0.25, 0.3) is 0 Å². The topological polar surface area (TPSA) is 212 Å². The average molecular weight is 548 g/mol. The zero-order chi connectivity index (χ0) is 28.6. The molecule has 0 aliphatic carbocycles. The van der Waals surface area contributed by atoms with Gasteiger partial charge in [-0.1, -0.05) is 38.1 Å². The number of hydrogen-bond donors (Lipinski definition) is 7. The van der Waals surface area contributed by atoms with Crippen LogP contribution < -0.4 is 21.1 Å². The molecule has 2 aromatic carbocycles. The zero-order valence-corrected chi connectivity index (χ0v) is 22.1. The Bertz CT molecular complexity index is 1260. The van der Waals surface area contributed by atoms with Gasteiger partial charge in [-0.05, 0) is 49.1 Å². The molecule has 0 bridgehead atoms. The molecular formula is C25H33N5O7S. The monoisotopic (exact) mass is 547 g/mol. The molecule has 0 heterocycles. The van der Waals surface area contributed by atoms with E-state index in [9.17, 15) is 27.9 Å². The van der Waals surface area contributed by atoms with Gasteiger partial charge in [-0.15, -0.1) is 0 Å². The average Bonchev–Trinajstić information content (AvgIpc) is 2.85. The molecule has 0 aliphatic rings. The molecule has 2 rings (SSSR count). The van der Waals surface area contributed by atoms with Gasteiger partial charge in [0, 0.05) is 12.1 Å². The van der Waals surface area contributed by atoms with E-state index in [2.05, 4.69) is 15.4 Å². The van der Waals surface area contributed by atoms with E-state index in [1.165, 1.54) is 6.92 Å². The number of aliphatic hydroxyl groups is 1. The van der Waals surface area contributed by atoms with Crippen LogP contribution in [0, 0.1) is 11.3 Å². The molecule has 2 aromatic rings. The molecule has 8 N–H and O–H groups in total. The van der Waals surface area contributed by atoms with Crippen molar-refractivity contribution in [1.29, 1.82) is 5.41 Å². The minimum atomic E-state index is -4.32. The Morgan fingerprint density at radius 2 is 1.50 bits per heavy atom. The second-order valence-electron chi connectivity index (χ2n) is 9.19. The van der Waals surface area contributed by atoms with Gasteiger partial charge in [-0.3, -0.25) is 15.0 Å². The number of hydrogen-bond acceptors (Lipinski definition) is 7. The molecule has 2 amide bonds. The fourth-order valence-electron chi connectivity index (χ4n) is 3.46. The molecular weight excluding hydrogens is 514 g/mol. The van der Waals surface area contributed by atoms with Crippen molar-refractivity contribution in [2.24, 2.45) is 11.7 Å². The van der Waals surface area contributed by atoms with Crippen molar-refractivity contribution < 1.29 is 33.0 Å². The van der Waals surface area contributed by atoms with E-state index in [1.807, 2.05) is 13.8 Å². The SMILES string of the molecule is CC(C)C[C@H](NC(=O)[C@H](NS(=O)(=O)c1ccc(C(=O)O)cc1)C(C)O)C(=O)NCc1ccc(C(=N)N)cc1. The molecule has 12 nitrogen and oxygen atoms in total. The van der Waals surface area contributed by atoms with Crippen LogP contribution in [0.1, 0.15) is 48.7 Å². The number of amidine groups is 1. The number of carbonyl (C=O) groups excluding carboxylic acids is 2. The van der Waals surface area contributed by atoms with Crippen LogP contribution in [0.2, 0.25) is 0 Å². The van der Waals surface area contributed by atoms with E-state index in [1.54, 1.807) is 24.3 Å². The quantitative estimate of drug-likeness (QED) is 0.139. The number of sulfonamides is 1. The first-order chi connectivity index (χ1) is 17.7. The number of aromatic carboxylic acids is 1. The van der Waals surface area contributed by atoms with Gasteiger partial charge in [-0.2, -0.15) is 4.72 Å². The van der Waals surface area contributed by atoms with Crippen LogP contribution >= 0.6 is 0 Å². The van der Waals surface area contributed by atoms with Gasteiger partial charge in [0.2, 0.25) is 21.8 Å². The van der Waals surface area contributed by atoms with Crippen molar-refractivity contribution in [2.75, 3.05) is 0 Å². The van der Waals surface area contributed by atoms with Crippen molar-refractivity contribution in [1.82, 2.24) is 15.4 Å². The van der Waals surface area contributed by atoms with Gasteiger partial charge in [0.05, 0.1) is 16.6 Å². The molecule has 3 atom stereocenters. The maximum atomic E-state index is 13.0. The number of nitrogens with one attached hydrogen (secondary N) is 4. The number of carboxylic acids is 1. The van der Waals surface area contributed by atoms with Gasteiger partial charge < -0.3 is 26.6 Å². The summed E-state index contributed by atoms with van der Waals surface area (Å²) in [5.74, 6) is -2.72. The summed E-state index contributed by atoms with van der Waals surface area (Å²) in [6.07, 6.45) is -1.21. The Morgan fingerprint density at radius 3 is 1.97 bits per heavy atom. The first kappa shape index (κ1) is 30.4. The minimum Gasteiger partial charge on any atom is -0.478 e. The van der Waals surface area contributed by atoms with Crippen LogP contribution in [0.3, 0.4) is 0 Å². The van der Waals surface area contributed by atoms with E-state index in [-0.39, 0.29) is 35.2 Å². The summed E-state index contributed by atoms with van der Waals surface area (Å²) in [4.78, 5) is 36.7. The highest BCUT2D eigenvalue weighted by Gasteiger charge is 2.32. The standard InChI is InChI=1S/C25H33N5O7S/c1-14(2)12-20(23(32)28-13-16-4-6-17(7-5-16)22(26)27)29-24(33)21(15(3)31)30-38(36,37)19-10-8-18(9-11-19)25(34)35/h4-11,14-15,20-21,30-31H,12-13H2,1-3H3,(H3,26,27)(H,28,32)(H,29,33)(H,34,35)/t15?,20-,21+/m0/s1. The van der Waals surface area contributed by atoms with E-state index in [4.69, 9.17) is 16.2 Å². The fraction of sp³-hybridized carbons (Fsp3) is 0.360. The first-order valence-corrected chi connectivity index (χ1v) is 13.2. The highest BCUT2D eigenvalue weighted by Crippen LogP contribution is 2.13. The molecule has 0 aromatic heterocycles. The number of carbonyl (C=O) groups is 3. The summed E-state index contributed by atoms with van der Waals surface area (Å²) in [6, 6.07) is 8.40. The molecule has 0 saturated heterocycles. The normalized spacial score (nSPS) is 13.8. The smallest absolute Gasteiger partial charge is 0.335 e. The van der Waals surface area contributed by atoms with Gasteiger partial charge in [0.25, 0.3) is 0 Å². The lowest BCUT2D eigenvalue weighted by Crippen LogP contribution is -2.57. The van der Waals surface area contributed by atoms with Crippen LogP contribution in [0.4, 0.5) is 0 Å². The number of nitrogen functional groups attached to an aromatic ring is 1. The summed E-state index contributed by atoms with van der Waals surface area (Å²) < 4.78 is 27.7. The third-order valence-corrected chi connectivity index (χ3v) is 6.99. The van der Waals surface area contributed by atoms with Crippen LogP contribution in [-0.4, -0.2) is 60.4 Å². The van der Waals surface area contributed by atoms with Crippen LogP contribution in [0.15, 0.2) is 53.4 Å². The van der Waals surface area contributed by atoms with Crippen LogP contribution in [0.5, 0.6) is 0 Å². The number of nitrogens with two attached hydrogens (primary N) is 1. The minimum absolute atomic E-state index is 0.00431. The second kappa shape index (κ2) is 13.1. The summed E-state index contributed by atoms with van der Waals surface area (Å²) in [5.41, 5.74) is 6.60. The number of aliphatic hydroxyl groups excluding tert-OH is 1. The van der Waals surface area contributed by atoms with Crippen molar-refractivity contribution in [2.45, 2.75) is 56.8 Å². The van der Waals surface area contributed by atoms with Crippen LogP contribution in [-0.2, 0) is 26.2 Å². The molecule has 0 fully saturated rings. The fourth-order valence-corrected chi connectivity index (χ4v) is 4.73. The third-order valence-electron chi connectivity index (χ3n) is 5.53. The van der Waals surface area contributed by atoms with Crippen molar-refractivity contribution in [3.8, 4) is 0 Å². The predicted octanol–water partition coefficient (Wildman–Crippen LogP) is 0.544. The summed E-state index contributed by atoms with van der Waals surface area (Å²) in [5, 5.41) is 31.9. The summed E-state index contributed by atoms with van der Waals surface area (Å²) in [6.45, 7) is 5.06. The molecule has 206 valence electrons. The molecule has 0 radical (unpaired) electrons. The number of carboxylic acid groups (broad SMARTS) is 1. The lowest BCUT2D eigenvalue weighted by atomic mass is 10.0. The molecule has 1 unspecified atom stereocenters. The Hall–Kier alpha value is -3.81. The maximum Gasteiger partial charge on any atom is 0.335 e. The van der Waals surface area contributed by atoms with Crippen molar-refractivity contribution in [3.63, 3.8) is 0 Å². The lowest BCUT2D eigenvalue weighted by Gasteiger charge is -2.25. The Balaban J connectivity index is 2.14. The summed E-state index contributed by atoms with van der Waals surface area (Å²) in [7, 11) is -4.32. The van der Waals surface area contributed by atoms with Gasteiger partial charge in [0.1, 0.15) is 17.9 Å². The van der Waals surface area contributed by atoms with Crippen molar-refractivity contribution in [3.05, 3.63) is 65.2 Å². The Kier molecular flexibility index (Phi) is 10.5. The summed E-state index contributed by atoms with van der Waals surface area (Å²) >= 11 is 0.